The minimum absolute atomic E-state index is 0.0383. The summed E-state index contributed by atoms with van der Waals surface area (Å²) < 4.78 is 6.12. The highest BCUT2D eigenvalue weighted by Gasteiger charge is 2.59. The molecule has 0 radical (unpaired) electrons. The molecule has 4 aliphatic rings. The predicted octanol–water partition coefficient (Wildman–Crippen LogP) is 13.9. The molecule has 2 heteroatoms. The smallest absolute Gasteiger partial charge is 0.306 e. The van der Waals surface area contributed by atoms with Crippen LogP contribution >= 0.6 is 0 Å². The van der Waals surface area contributed by atoms with E-state index in [0.717, 1.165) is 74.5 Å². The fourth-order valence-corrected chi connectivity index (χ4v) is 11.0. The number of rotatable bonds is 19. The highest BCUT2D eigenvalue weighted by atomic mass is 16.5. The van der Waals surface area contributed by atoms with Gasteiger partial charge in [0.2, 0.25) is 0 Å². The Labute approximate surface area is 303 Å². The summed E-state index contributed by atoms with van der Waals surface area (Å²) in [5, 5.41) is 0. The van der Waals surface area contributed by atoms with Crippen molar-refractivity contribution in [1.82, 2.24) is 0 Å². The van der Waals surface area contributed by atoms with Crippen molar-refractivity contribution in [3.05, 3.63) is 60.3 Å². The Hall–Kier alpha value is -1.83. The van der Waals surface area contributed by atoms with E-state index >= 15 is 0 Å². The zero-order valence-electron chi connectivity index (χ0n) is 33.1. The molecule has 0 unspecified atom stereocenters. The molecule has 0 aromatic carbocycles. The molecule has 4 rings (SSSR count). The maximum absolute atomic E-state index is 12.8. The first-order valence-electron chi connectivity index (χ1n) is 21.2. The molecular weight excluding hydrogens is 597 g/mol. The SMILES string of the molecule is CC/C=C\C/C=C\C/C=C\CCCCCCCC(=O)O[C@H]1CC[C@@]2(C)C(=CC[C@H]3[C@@H]4CC[C@H]([C@H](C)/C=C/[C@@H](CC)C(C)C)[C@@]4(C)CC[C@@H]32)C1. The third-order valence-electron chi connectivity index (χ3n) is 14.1. The van der Waals surface area contributed by atoms with Gasteiger partial charge in [-0.1, -0.05) is 128 Å². The Bertz CT molecular complexity index is 1150. The number of carbonyl (C=O) groups excluding carboxylic acids is 1. The van der Waals surface area contributed by atoms with Crippen LogP contribution in [0.5, 0.6) is 0 Å². The summed E-state index contributed by atoms with van der Waals surface area (Å²) in [6, 6.07) is 0. The number of esters is 1. The molecule has 49 heavy (non-hydrogen) atoms. The highest BCUT2D eigenvalue weighted by Crippen LogP contribution is 2.67. The third kappa shape index (κ3) is 10.6. The topological polar surface area (TPSA) is 26.3 Å². The second-order valence-corrected chi connectivity index (χ2v) is 17.5. The lowest BCUT2D eigenvalue weighted by Crippen LogP contribution is -2.51. The van der Waals surface area contributed by atoms with E-state index in [1.54, 1.807) is 5.57 Å². The zero-order chi connectivity index (χ0) is 35.3. The molecule has 0 amide bonds. The lowest BCUT2D eigenvalue weighted by Gasteiger charge is -2.58. The van der Waals surface area contributed by atoms with Gasteiger partial charge in [-0.15, -0.1) is 0 Å². The number of allylic oxidation sites excluding steroid dienone is 9. The number of carbonyl (C=O) groups is 1. The number of unbranched alkanes of at least 4 members (excludes halogenated alkanes) is 5. The Morgan fingerprint density at radius 1 is 0.837 bits per heavy atom. The number of ether oxygens (including phenoxy) is 1. The first-order chi connectivity index (χ1) is 23.6. The van der Waals surface area contributed by atoms with Crippen molar-refractivity contribution in [2.75, 3.05) is 0 Å². The molecule has 0 aromatic rings. The molecule has 0 aromatic heterocycles. The number of fused-ring (bicyclic) bond motifs is 5. The van der Waals surface area contributed by atoms with Crippen molar-refractivity contribution >= 4 is 5.97 Å². The predicted molar refractivity (Wildman–Crippen MR) is 211 cm³/mol. The molecule has 0 saturated heterocycles. The van der Waals surface area contributed by atoms with Crippen molar-refractivity contribution in [3.8, 4) is 0 Å². The van der Waals surface area contributed by atoms with E-state index in [9.17, 15) is 4.79 Å². The van der Waals surface area contributed by atoms with Crippen LogP contribution in [0.15, 0.2) is 60.3 Å². The van der Waals surface area contributed by atoms with Gasteiger partial charge in [0.1, 0.15) is 6.10 Å². The summed E-state index contributed by atoms with van der Waals surface area (Å²) in [5.74, 6) is 5.49. The molecule has 3 saturated carbocycles. The van der Waals surface area contributed by atoms with Crippen molar-refractivity contribution in [2.24, 2.45) is 52.3 Å². The Balaban J connectivity index is 1.16. The molecule has 4 aliphatic carbocycles. The zero-order valence-corrected chi connectivity index (χ0v) is 33.1. The number of hydrogen-bond donors (Lipinski definition) is 0. The molecule has 0 spiro atoms. The molecule has 276 valence electrons. The van der Waals surface area contributed by atoms with E-state index in [4.69, 9.17) is 4.74 Å². The van der Waals surface area contributed by atoms with E-state index in [2.05, 4.69) is 103 Å². The van der Waals surface area contributed by atoms with E-state index in [0.29, 0.717) is 29.1 Å². The fraction of sp³-hybridized carbons (Fsp3) is 0.766. The van der Waals surface area contributed by atoms with Crippen LogP contribution in [0.25, 0.3) is 0 Å². The van der Waals surface area contributed by atoms with Crippen LogP contribution in [-0.4, -0.2) is 12.1 Å². The van der Waals surface area contributed by atoms with E-state index in [1.165, 1.54) is 70.6 Å². The summed E-state index contributed by atoms with van der Waals surface area (Å²) in [7, 11) is 0. The van der Waals surface area contributed by atoms with Crippen LogP contribution in [0.4, 0.5) is 0 Å². The van der Waals surface area contributed by atoms with Gasteiger partial charge in [0.25, 0.3) is 0 Å². The van der Waals surface area contributed by atoms with E-state index in [1.807, 2.05) is 0 Å². The van der Waals surface area contributed by atoms with E-state index < -0.39 is 0 Å². The van der Waals surface area contributed by atoms with Crippen LogP contribution in [0.1, 0.15) is 170 Å². The molecule has 2 nitrogen and oxygen atoms in total. The summed E-state index contributed by atoms with van der Waals surface area (Å²) in [6.45, 7) is 17.1. The van der Waals surface area contributed by atoms with Crippen LogP contribution in [0.2, 0.25) is 0 Å². The van der Waals surface area contributed by atoms with Gasteiger partial charge in [-0.2, -0.15) is 0 Å². The van der Waals surface area contributed by atoms with Gasteiger partial charge in [0.15, 0.2) is 0 Å². The summed E-state index contributed by atoms with van der Waals surface area (Å²) in [5.41, 5.74) is 2.42. The van der Waals surface area contributed by atoms with Crippen molar-refractivity contribution in [1.29, 1.82) is 0 Å². The Morgan fingerprint density at radius 2 is 1.55 bits per heavy atom. The van der Waals surface area contributed by atoms with Crippen LogP contribution in [-0.2, 0) is 9.53 Å². The van der Waals surface area contributed by atoms with Crippen molar-refractivity contribution < 1.29 is 9.53 Å². The normalized spacial score (nSPS) is 32.9. The largest absolute Gasteiger partial charge is 0.462 e. The van der Waals surface area contributed by atoms with Gasteiger partial charge < -0.3 is 4.74 Å². The number of hydrogen-bond acceptors (Lipinski definition) is 2. The quantitative estimate of drug-likeness (QED) is 0.0775. The maximum atomic E-state index is 12.8. The van der Waals surface area contributed by atoms with Crippen molar-refractivity contribution in [2.45, 2.75) is 177 Å². The average Bonchev–Trinajstić information content (AvgIpc) is 3.44. The second-order valence-electron chi connectivity index (χ2n) is 17.5. The van der Waals surface area contributed by atoms with Gasteiger partial charge in [0, 0.05) is 12.8 Å². The van der Waals surface area contributed by atoms with Gasteiger partial charge in [-0.25, -0.2) is 0 Å². The second kappa shape index (κ2) is 19.7. The molecule has 0 heterocycles. The summed E-state index contributed by atoms with van der Waals surface area (Å²) >= 11 is 0. The lowest BCUT2D eigenvalue weighted by molar-refractivity contribution is -0.151. The molecule has 0 N–H and O–H groups in total. The molecular formula is C47H76O2. The van der Waals surface area contributed by atoms with Crippen molar-refractivity contribution in [3.63, 3.8) is 0 Å². The van der Waals surface area contributed by atoms with Crippen LogP contribution < -0.4 is 0 Å². The van der Waals surface area contributed by atoms with Gasteiger partial charge in [-0.05, 0) is 142 Å². The Kier molecular flexibility index (Phi) is 16.1. The van der Waals surface area contributed by atoms with Crippen LogP contribution in [0.3, 0.4) is 0 Å². The van der Waals surface area contributed by atoms with Gasteiger partial charge >= 0.3 is 5.97 Å². The van der Waals surface area contributed by atoms with E-state index in [-0.39, 0.29) is 12.1 Å². The molecule has 0 aliphatic heterocycles. The van der Waals surface area contributed by atoms with Gasteiger partial charge in [0.05, 0.1) is 0 Å². The summed E-state index contributed by atoms with van der Waals surface area (Å²) in [4.78, 5) is 12.8. The monoisotopic (exact) mass is 673 g/mol. The Morgan fingerprint density at radius 3 is 2.29 bits per heavy atom. The third-order valence-corrected chi connectivity index (χ3v) is 14.1. The van der Waals surface area contributed by atoms with Gasteiger partial charge in [-0.3, -0.25) is 4.79 Å². The minimum Gasteiger partial charge on any atom is -0.462 e. The maximum Gasteiger partial charge on any atom is 0.306 e. The van der Waals surface area contributed by atoms with Crippen LogP contribution in [0, 0.1) is 52.3 Å². The molecule has 3 fully saturated rings. The molecule has 9 atom stereocenters. The fourth-order valence-electron chi connectivity index (χ4n) is 11.0. The highest BCUT2D eigenvalue weighted by molar-refractivity contribution is 5.69. The first-order valence-corrected chi connectivity index (χ1v) is 21.2. The average molecular weight is 673 g/mol. The summed E-state index contributed by atoms with van der Waals surface area (Å²) in [6.07, 6.45) is 43.6. The standard InChI is InChI=1S/C47H76O2/c1-8-10-11-12-13-14-15-16-17-18-19-20-21-22-23-24-45(48)49-40-31-33-46(6)39(35-40)27-28-41-43-30-29-42(47(43,7)34-32-44(41)46)37(5)25-26-38(9-2)36(3)4/h10-11,13-14,16-17,25-27,36-38,40-44H,8-9,12,15,18-24,28-35H2,1-7H3/b11-10-,14-13-,17-16-,26-25+/t37-,38-,40+,41+,42-,43+,44+,46+,47-/m1/s1. The first kappa shape index (κ1) is 39.9. The lowest BCUT2D eigenvalue weighted by atomic mass is 9.47. The minimum atomic E-state index is 0.0383. The molecule has 0 bridgehead atoms.